The topological polar surface area (TPSA) is 71.1 Å². The number of carbonyl (C=O) groups is 1. The Labute approximate surface area is 149 Å². The molecule has 0 radical (unpaired) electrons. The maximum absolute atomic E-state index is 12.9. The second-order valence-corrected chi connectivity index (χ2v) is 6.95. The predicted octanol–water partition coefficient (Wildman–Crippen LogP) is 2.66. The fraction of sp³-hybridized carbons (Fsp3) is 0.278. The van der Waals surface area contributed by atoms with E-state index < -0.39 is 0 Å². The number of hydrogen-bond donors (Lipinski definition) is 1. The van der Waals surface area contributed by atoms with Crippen LogP contribution in [0, 0.1) is 0 Å². The highest BCUT2D eigenvalue weighted by Crippen LogP contribution is 2.26. The lowest BCUT2D eigenvalue weighted by atomic mass is 10.0. The zero-order valence-corrected chi connectivity index (χ0v) is 14.7. The van der Waals surface area contributed by atoms with Gasteiger partial charge in [0.05, 0.1) is 12.8 Å². The molecular formula is C18H18N4O2S. The molecule has 3 aromatic rings. The molecule has 4 rings (SSSR count). The molecule has 3 aromatic heterocycles. The first-order valence-corrected chi connectivity index (χ1v) is 9.00. The average molecular weight is 354 g/mol. The molecule has 1 aliphatic rings. The molecule has 1 amide bonds. The van der Waals surface area contributed by atoms with Crippen molar-refractivity contribution in [3.8, 4) is 5.88 Å². The van der Waals surface area contributed by atoms with Gasteiger partial charge in [-0.25, -0.2) is 4.98 Å². The zero-order valence-electron chi connectivity index (χ0n) is 13.9. The molecule has 0 spiro atoms. The first kappa shape index (κ1) is 15.8. The standard InChI is InChI=1S/C18H18N4O2S/c1-24-17-13(5-2-7-19-17)18(23)22-8-6-15-14(11-22)16(21-20-15)10-12-4-3-9-25-12/h2-5,7,9H,6,8,10-11H2,1H3,(H,20,21). The minimum absolute atomic E-state index is 0.0566. The Morgan fingerprint density at radius 3 is 3.12 bits per heavy atom. The summed E-state index contributed by atoms with van der Waals surface area (Å²) in [6.07, 6.45) is 3.20. The molecule has 1 aliphatic heterocycles. The molecule has 0 unspecified atom stereocenters. The van der Waals surface area contributed by atoms with Crippen molar-refractivity contribution in [3.05, 3.63) is 63.2 Å². The van der Waals surface area contributed by atoms with Gasteiger partial charge in [-0.05, 0) is 23.6 Å². The van der Waals surface area contributed by atoms with E-state index in [0.717, 1.165) is 29.8 Å². The Morgan fingerprint density at radius 1 is 1.40 bits per heavy atom. The largest absolute Gasteiger partial charge is 0.480 e. The molecule has 25 heavy (non-hydrogen) atoms. The highest BCUT2D eigenvalue weighted by atomic mass is 32.1. The number of aromatic nitrogens is 3. The average Bonchev–Trinajstić information content (AvgIpc) is 3.31. The van der Waals surface area contributed by atoms with E-state index in [1.54, 1.807) is 29.7 Å². The Balaban J connectivity index is 1.58. The summed E-state index contributed by atoms with van der Waals surface area (Å²) >= 11 is 1.72. The summed E-state index contributed by atoms with van der Waals surface area (Å²) in [6.45, 7) is 1.22. The third-order valence-electron chi connectivity index (χ3n) is 4.42. The number of nitrogens with one attached hydrogen (secondary N) is 1. The van der Waals surface area contributed by atoms with Crippen LogP contribution in [-0.4, -0.2) is 39.6 Å². The van der Waals surface area contributed by atoms with E-state index in [0.29, 0.717) is 24.5 Å². The molecule has 0 bridgehead atoms. The SMILES string of the molecule is COc1ncccc1C(=O)N1CCc2[nH]nc(Cc3cccs3)c2C1. The van der Waals surface area contributed by atoms with Gasteiger partial charge in [0.15, 0.2) is 0 Å². The third kappa shape index (κ3) is 3.02. The van der Waals surface area contributed by atoms with Crippen LogP contribution in [0.1, 0.15) is 32.2 Å². The normalized spacial score (nSPS) is 13.6. The lowest BCUT2D eigenvalue weighted by molar-refractivity contribution is 0.0729. The number of carbonyl (C=O) groups excluding carboxylic acids is 1. The molecule has 6 nitrogen and oxygen atoms in total. The number of amides is 1. The van der Waals surface area contributed by atoms with Crippen molar-refractivity contribution in [1.29, 1.82) is 0 Å². The monoisotopic (exact) mass is 354 g/mol. The van der Waals surface area contributed by atoms with Crippen molar-refractivity contribution in [1.82, 2.24) is 20.1 Å². The van der Waals surface area contributed by atoms with Gasteiger partial charge < -0.3 is 9.64 Å². The van der Waals surface area contributed by atoms with Crippen LogP contribution in [-0.2, 0) is 19.4 Å². The van der Waals surface area contributed by atoms with E-state index in [-0.39, 0.29) is 5.91 Å². The number of aromatic amines is 1. The summed E-state index contributed by atoms with van der Waals surface area (Å²) in [4.78, 5) is 20.2. The molecule has 0 atom stereocenters. The lowest BCUT2D eigenvalue weighted by Crippen LogP contribution is -2.36. The number of hydrogen-bond acceptors (Lipinski definition) is 5. The Hall–Kier alpha value is -2.67. The Bertz CT molecular complexity index is 888. The number of fused-ring (bicyclic) bond motifs is 1. The second kappa shape index (κ2) is 6.68. The first-order chi connectivity index (χ1) is 12.3. The van der Waals surface area contributed by atoms with E-state index in [1.807, 2.05) is 11.0 Å². The highest BCUT2D eigenvalue weighted by molar-refractivity contribution is 7.09. The number of ether oxygens (including phenoxy) is 1. The van der Waals surface area contributed by atoms with E-state index in [1.165, 1.54) is 12.0 Å². The molecule has 1 N–H and O–H groups in total. The van der Waals surface area contributed by atoms with Gasteiger partial charge in [-0.1, -0.05) is 6.07 Å². The molecule has 7 heteroatoms. The van der Waals surface area contributed by atoms with Gasteiger partial charge in [-0.2, -0.15) is 5.10 Å². The van der Waals surface area contributed by atoms with Crippen molar-refractivity contribution in [2.75, 3.05) is 13.7 Å². The number of pyridine rings is 1. The summed E-state index contributed by atoms with van der Waals surface area (Å²) in [7, 11) is 1.53. The van der Waals surface area contributed by atoms with Crippen LogP contribution in [0.15, 0.2) is 35.8 Å². The van der Waals surface area contributed by atoms with Crippen molar-refractivity contribution in [2.45, 2.75) is 19.4 Å². The van der Waals surface area contributed by atoms with Crippen LogP contribution < -0.4 is 4.74 Å². The van der Waals surface area contributed by atoms with Gasteiger partial charge in [-0.3, -0.25) is 9.89 Å². The van der Waals surface area contributed by atoms with Crippen molar-refractivity contribution in [3.63, 3.8) is 0 Å². The van der Waals surface area contributed by atoms with E-state index >= 15 is 0 Å². The smallest absolute Gasteiger partial charge is 0.259 e. The molecule has 0 aliphatic carbocycles. The maximum atomic E-state index is 12.9. The summed E-state index contributed by atoms with van der Waals surface area (Å²) in [5.41, 5.74) is 3.79. The van der Waals surface area contributed by atoms with Gasteiger partial charge in [0.2, 0.25) is 5.88 Å². The van der Waals surface area contributed by atoms with Crippen LogP contribution in [0.4, 0.5) is 0 Å². The molecule has 0 fully saturated rings. The number of nitrogens with zero attached hydrogens (tertiary/aromatic N) is 3. The van der Waals surface area contributed by atoms with Crippen LogP contribution in [0.25, 0.3) is 0 Å². The zero-order chi connectivity index (χ0) is 17.2. The fourth-order valence-electron chi connectivity index (χ4n) is 3.14. The Kier molecular flexibility index (Phi) is 4.23. The van der Waals surface area contributed by atoms with Gasteiger partial charge in [0.25, 0.3) is 5.91 Å². The Morgan fingerprint density at radius 2 is 2.32 bits per heavy atom. The minimum Gasteiger partial charge on any atom is -0.480 e. The number of H-pyrrole nitrogens is 1. The van der Waals surface area contributed by atoms with Crippen LogP contribution in [0.2, 0.25) is 0 Å². The summed E-state index contributed by atoms with van der Waals surface area (Å²) in [6, 6.07) is 7.67. The molecule has 0 saturated heterocycles. The van der Waals surface area contributed by atoms with E-state index in [9.17, 15) is 4.79 Å². The second-order valence-electron chi connectivity index (χ2n) is 5.92. The van der Waals surface area contributed by atoms with E-state index in [4.69, 9.17) is 4.74 Å². The maximum Gasteiger partial charge on any atom is 0.259 e. The van der Waals surface area contributed by atoms with Crippen molar-refractivity contribution in [2.24, 2.45) is 0 Å². The number of thiophene rings is 1. The predicted molar refractivity (Wildman–Crippen MR) is 94.9 cm³/mol. The van der Waals surface area contributed by atoms with Gasteiger partial charge in [-0.15, -0.1) is 11.3 Å². The quantitative estimate of drug-likeness (QED) is 0.782. The van der Waals surface area contributed by atoms with Gasteiger partial charge in [0.1, 0.15) is 5.56 Å². The summed E-state index contributed by atoms with van der Waals surface area (Å²) in [5, 5.41) is 9.69. The van der Waals surface area contributed by atoms with Gasteiger partial charge >= 0.3 is 0 Å². The molecular weight excluding hydrogens is 336 g/mol. The third-order valence-corrected chi connectivity index (χ3v) is 5.30. The van der Waals surface area contributed by atoms with E-state index in [2.05, 4.69) is 26.6 Å². The highest BCUT2D eigenvalue weighted by Gasteiger charge is 2.27. The minimum atomic E-state index is -0.0566. The van der Waals surface area contributed by atoms with Crippen LogP contribution in [0.3, 0.4) is 0 Å². The summed E-state index contributed by atoms with van der Waals surface area (Å²) in [5.74, 6) is 0.308. The lowest BCUT2D eigenvalue weighted by Gasteiger charge is -2.27. The van der Waals surface area contributed by atoms with Crippen molar-refractivity contribution < 1.29 is 9.53 Å². The first-order valence-electron chi connectivity index (χ1n) is 8.12. The molecule has 128 valence electrons. The van der Waals surface area contributed by atoms with Gasteiger partial charge in [0, 0.05) is 48.3 Å². The number of methoxy groups -OCH3 is 1. The molecule has 0 saturated carbocycles. The van der Waals surface area contributed by atoms with Crippen LogP contribution in [0.5, 0.6) is 5.88 Å². The number of rotatable bonds is 4. The van der Waals surface area contributed by atoms with Crippen molar-refractivity contribution >= 4 is 17.2 Å². The molecule has 4 heterocycles. The fourth-order valence-corrected chi connectivity index (χ4v) is 3.85. The molecule has 0 aromatic carbocycles. The van der Waals surface area contributed by atoms with Crippen LogP contribution >= 0.6 is 11.3 Å². The summed E-state index contributed by atoms with van der Waals surface area (Å²) < 4.78 is 5.23.